The summed E-state index contributed by atoms with van der Waals surface area (Å²) in [5, 5.41) is 83.9. The van der Waals surface area contributed by atoms with E-state index in [0.717, 1.165) is 18.2 Å². The molecule has 4 heterocycles. The maximum Gasteiger partial charge on any atom is 0.315 e. The van der Waals surface area contributed by atoms with Crippen molar-refractivity contribution in [1.82, 2.24) is 0 Å². The Bertz CT molecular complexity index is 1730. The number of aliphatic hydroxyl groups is 1. The molecule has 4 aliphatic rings. The van der Waals surface area contributed by atoms with Gasteiger partial charge in [-0.05, 0) is 6.07 Å². The normalized spacial score (nSPS) is 28.3. The van der Waals surface area contributed by atoms with Crippen molar-refractivity contribution in [2.24, 2.45) is 0 Å². The van der Waals surface area contributed by atoms with Crippen molar-refractivity contribution in [3.05, 3.63) is 52.6 Å². The van der Waals surface area contributed by atoms with Crippen molar-refractivity contribution in [1.29, 1.82) is 0 Å². The molecular formula is C29H24O14. The molecule has 3 aromatic rings. The summed E-state index contributed by atoms with van der Waals surface area (Å²) in [5.74, 6) is -7.54. The monoisotopic (exact) mass is 596 g/mol. The Hall–Kier alpha value is -5.24. The van der Waals surface area contributed by atoms with Crippen molar-refractivity contribution < 1.29 is 69.4 Å². The number of phenols is 6. The Morgan fingerprint density at radius 1 is 0.814 bits per heavy atom. The summed E-state index contributed by atoms with van der Waals surface area (Å²) in [6.45, 7) is 0. The third kappa shape index (κ3) is 3.75. The van der Waals surface area contributed by atoms with Gasteiger partial charge in [-0.15, -0.1) is 0 Å². The average Bonchev–Trinajstić information content (AvgIpc) is 3.26. The van der Waals surface area contributed by atoms with E-state index in [-0.39, 0.29) is 69.6 Å². The molecule has 8 N–H and O–H groups in total. The van der Waals surface area contributed by atoms with Gasteiger partial charge in [-0.2, -0.15) is 0 Å². The van der Waals surface area contributed by atoms with Crippen LogP contribution in [0.25, 0.3) is 0 Å². The Labute approximate surface area is 241 Å². The van der Waals surface area contributed by atoms with Crippen molar-refractivity contribution in [3.63, 3.8) is 0 Å². The van der Waals surface area contributed by atoms with Crippen LogP contribution in [0.4, 0.5) is 0 Å². The Morgan fingerprint density at radius 3 is 2.09 bits per heavy atom. The molecule has 14 heteroatoms. The summed E-state index contributed by atoms with van der Waals surface area (Å²) in [5.41, 5.74) is -1.99. The smallest absolute Gasteiger partial charge is 0.315 e. The third-order valence-corrected chi connectivity index (χ3v) is 8.47. The van der Waals surface area contributed by atoms with Gasteiger partial charge in [0.05, 0.1) is 12.5 Å². The van der Waals surface area contributed by atoms with E-state index >= 15 is 0 Å². The zero-order valence-electron chi connectivity index (χ0n) is 21.9. The molecule has 1 fully saturated rings. The zero-order chi connectivity index (χ0) is 30.5. The molecule has 14 nitrogen and oxygen atoms in total. The highest BCUT2D eigenvalue weighted by molar-refractivity contribution is 5.86. The van der Waals surface area contributed by atoms with E-state index in [1.54, 1.807) is 0 Å². The second kappa shape index (κ2) is 8.88. The van der Waals surface area contributed by atoms with E-state index in [1.165, 1.54) is 12.1 Å². The molecule has 0 bridgehead atoms. The van der Waals surface area contributed by atoms with Gasteiger partial charge in [-0.1, -0.05) is 0 Å². The maximum absolute atomic E-state index is 13.1. The number of fused-ring (bicyclic) bond motifs is 5. The number of carboxylic acid groups (broad SMARTS) is 1. The van der Waals surface area contributed by atoms with Crippen LogP contribution in [0.5, 0.6) is 51.7 Å². The first-order valence-electron chi connectivity index (χ1n) is 13.2. The van der Waals surface area contributed by atoms with Crippen LogP contribution >= 0.6 is 0 Å². The van der Waals surface area contributed by atoms with Crippen LogP contribution < -0.4 is 14.2 Å². The maximum atomic E-state index is 13.1. The molecule has 1 saturated heterocycles. The molecule has 0 amide bonds. The molecular weight excluding hydrogens is 572 g/mol. The summed E-state index contributed by atoms with van der Waals surface area (Å²) in [6, 6.07) is 5.56. The number of hydrogen-bond donors (Lipinski definition) is 8. The van der Waals surface area contributed by atoms with Gasteiger partial charge in [0.25, 0.3) is 0 Å². The number of phenolic OH excluding ortho intramolecular Hbond substituents is 6. The van der Waals surface area contributed by atoms with Gasteiger partial charge in [0.2, 0.25) is 5.75 Å². The predicted octanol–water partition coefficient (Wildman–Crippen LogP) is 1.58. The first-order valence-corrected chi connectivity index (χ1v) is 13.2. The fraction of sp³-hybridized carbons (Fsp3) is 0.310. The van der Waals surface area contributed by atoms with E-state index in [2.05, 4.69) is 0 Å². The highest BCUT2D eigenvalue weighted by atomic mass is 16.6. The van der Waals surface area contributed by atoms with E-state index in [4.69, 9.17) is 18.9 Å². The lowest BCUT2D eigenvalue weighted by molar-refractivity contribution is -0.196. The summed E-state index contributed by atoms with van der Waals surface area (Å²) >= 11 is 0. The number of ether oxygens (including phenoxy) is 4. The molecule has 6 atom stereocenters. The minimum Gasteiger partial charge on any atom is -0.508 e. The quantitative estimate of drug-likeness (QED) is 0.155. The molecule has 7 rings (SSSR count). The van der Waals surface area contributed by atoms with Crippen LogP contribution in [0.15, 0.2) is 30.3 Å². The van der Waals surface area contributed by atoms with E-state index in [1.807, 2.05) is 0 Å². The molecule has 3 aromatic carbocycles. The Morgan fingerprint density at radius 2 is 1.44 bits per heavy atom. The second-order valence-corrected chi connectivity index (χ2v) is 11.0. The molecule has 43 heavy (non-hydrogen) atoms. The largest absolute Gasteiger partial charge is 0.508 e. The van der Waals surface area contributed by atoms with Gasteiger partial charge in [0.1, 0.15) is 46.5 Å². The van der Waals surface area contributed by atoms with Gasteiger partial charge in [0.15, 0.2) is 29.3 Å². The average molecular weight is 596 g/mol. The molecule has 0 aliphatic carbocycles. The standard InChI is InChI=1S/C29H24O14/c30-9-1-14(32)11-5-17(35)25(41-18(11)3-9)13-6-16(34)24(37)26-22(13)23(28(38)39)29(43-26)8-21(36)40-20-7-12-15(33)2-10(31)4-19(12)42-27(20)29/h1-4,6,17,20,23,25,27,30-35,37H,5,7-8H2,(H,38,39)/t17-,20?,23-,25-,27+,29+/m1/s1. The van der Waals surface area contributed by atoms with Crippen LogP contribution in [0.1, 0.15) is 40.7 Å². The minimum atomic E-state index is -2.07. The first kappa shape index (κ1) is 26.6. The van der Waals surface area contributed by atoms with E-state index in [0.29, 0.717) is 0 Å². The van der Waals surface area contributed by atoms with Crippen molar-refractivity contribution in [2.75, 3.05) is 0 Å². The van der Waals surface area contributed by atoms with Gasteiger partial charge >= 0.3 is 11.9 Å². The molecule has 1 unspecified atom stereocenters. The first-order chi connectivity index (χ1) is 20.4. The zero-order valence-corrected chi connectivity index (χ0v) is 21.9. The number of rotatable bonds is 2. The lowest BCUT2D eigenvalue weighted by Crippen LogP contribution is -2.65. The van der Waals surface area contributed by atoms with Crippen LogP contribution in [0, 0.1) is 0 Å². The van der Waals surface area contributed by atoms with Gasteiger partial charge in [0, 0.05) is 59.4 Å². The number of esters is 1. The van der Waals surface area contributed by atoms with Gasteiger partial charge < -0.3 is 59.8 Å². The van der Waals surface area contributed by atoms with E-state index in [9.17, 15) is 50.4 Å². The minimum absolute atomic E-state index is 0.00526. The second-order valence-electron chi connectivity index (χ2n) is 11.0. The molecule has 0 saturated carbocycles. The number of aliphatic hydroxyl groups excluding tert-OH is 1. The Balaban J connectivity index is 1.39. The third-order valence-electron chi connectivity index (χ3n) is 8.47. The van der Waals surface area contributed by atoms with Crippen LogP contribution in [-0.2, 0) is 27.2 Å². The number of carbonyl (C=O) groups excluding carboxylic acids is 1. The number of carbonyl (C=O) groups is 2. The summed E-state index contributed by atoms with van der Waals surface area (Å²) in [6.07, 6.45) is -6.27. The number of aliphatic carboxylic acids is 1. The predicted molar refractivity (Wildman–Crippen MR) is 139 cm³/mol. The molecule has 4 aliphatic heterocycles. The van der Waals surface area contributed by atoms with E-state index < -0.39 is 71.5 Å². The van der Waals surface area contributed by atoms with Crippen molar-refractivity contribution >= 4 is 11.9 Å². The fourth-order valence-corrected chi connectivity index (χ4v) is 6.72. The molecule has 1 spiro atoms. The van der Waals surface area contributed by atoms with Gasteiger partial charge in [-0.3, -0.25) is 9.59 Å². The lowest BCUT2D eigenvalue weighted by Gasteiger charge is -2.47. The van der Waals surface area contributed by atoms with Gasteiger partial charge in [-0.25, -0.2) is 0 Å². The molecule has 0 aromatic heterocycles. The number of benzene rings is 3. The van der Waals surface area contributed by atoms with Crippen molar-refractivity contribution in [2.45, 2.75) is 55.2 Å². The summed E-state index contributed by atoms with van der Waals surface area (Å²) in [4.78, 5) is 26.1. The number of aromatic hydroxyl groups is 6. The van der Waals surface area contributed by atoms with Crippen LogP contribution in [-0.4, -0.2) is 76.7 Å². The topological polar surface area (TPSA) is 233 Å². The Kier molecular flexibility index (Phi) is 5.50. The summed E-state index contributed by atoms with van der Waals surface area (Å²) in [7, 11) is 0. The SMILES string of the molecule is O=C1C[C@@]2(Oc3c(O)c(O)cc([C@H]4Oc5cc(O)cc(O)c5C[C@H]4O)c3[C@@H]2C(=O)O)[C@H]2Oc3cc(O)cc(O)c3CC2O1. The number of carboxylic acids is 1. The van der Waals surface area contributed by atoms with Crippen LogP contribution in [0.3, 0.4) is 0 Å². The highest BCUT2D eigenvalue weighted by Crippen LogP contribution is 2.60. The number of hydrogen-bond acceptors (Lipinski definition) is 13. The lowest BCUT2D eigenvalue weighted by atomic mass is 9.71. The van der Waals surface area contributed by atoms with Crippen molar-refractivity contribution in [3.8, 4) is 51.7 Å². The highest BCUT2D eigenvalue weighted by Gasteiger charge is 2.67. The van der Waals surface area contributed by atoms with Crippen LogP contribution in [0.2, 0.25) is 0 Å². The molecule has 224 valence electrons. The fourth-order valence-electron chi connectivity index (χ4n) is 6.72. The molecule has 0 radical (unpaired) electrons. The summed E-state index contributed by atoms with van der Waals surface area (Å²) < 4.78 is 23.6.